The summed E-state index contributed by atoms with van der Waals surface area (Å²) in [7, 11) is -1.12. The van der Waals surface area contributed by atoms with Crippen LogP contribution in [0.25, 0.3) is 0 Å². The van der Waals surface area contributed by atoms with Gasteiger partial charge in [0.05, 0.1) is 24.4 Å². The van der Waals surface area contributed by atoms with Crippen LogP contribution in [-0.2, 0) is 48.7 Å². The van der Waals surface area contributed by atoms with E-state index in [0.717, 1.165) is 77.2 Å². The molecule has 77 heavy (non-hydrogen) atoms. The van der Waals surface area contributed by atoms with Crippen molar-refractivity contribution in [3.8, 4) is 0 Å². The number of amides is 1. The molecule has 1 rings (SSSR count). The number of aliphatic hydroxyl groups is 5. The summed E-state index contributed by atoms with van der Waals surface area (Å²) in [6, 6.07) is 0. The highest BCUT2D eigenvalue weighted by Gasteiger charge is 2.30. The van der Waals surface area contributed by atoms with Gasteiger partial charge in [-0.05, 0) is 87.9 Å². The quantitative estimate of drug-likeness (QED) is 0.0336. The van der Waals surface area contributed by atoms with Crippen LogP contribution in [0.15, 0.2) is 0 Å². The summed E-state index contributed by atoms with van der Waals surface area (Å²) in [5.74, 6) is -0.206. The molecule has 0 aliphatic heterocycles. The first kappa shape index (κ1) is 99.3. The van der Waals surface area contributed by atoms with Gasteiger partial charge in [0.2, 0.25) is 5.91 Å². The van der Waals surface area contributed by atoms with Gasteiger partial charge in [-0.15, -0.1) is 0 Å². The van der Waals surface area contributed by atoms with Crippen molar-refractivity contribution in [1.82, 2.24) is 4.90 Å². The van der Waals surface area contributed by atoms with E-state index < -0.39 is 49.9 Å². The minimum Gasteiger partial charge on any atom is -0.481 e. The van der Waals surface area contributed by atoms with Crippen molar-refractivity contribution in [2.75, 3.05) is 72.0 Å². The first-order valence-electron chi connectivity index (χ1n) is 27.2. The molecule has 1 unspecified atom stereocenters. The van der Waals surface area contributed by atoms with Crippen LogP contribution in [0.4, 0.5) is 0 Å². The molecule has 23 heteroatoms. The number of hydrogen-bond acceptors (Lipinski definition) is 15. The van der Waals surface area contributed by atoms with Crippen LogP contribution in [0.5, 0.6) is 0 Å². The van der Waals surface area contributed by atoms with Crippen molar-refractivity contribution in [1.29, 1.82) is 0 Å². The van der Waals surface area contributed by atoms with Crippen LogP contribution in [0, 0.1) is 29.6 Å². The van der Waals surface area contributed by atoms with Crippen LogP contribution in [0.3, 0.4) is 0 Å². The molecule has 0 saturated heterocycles. The van der Waals surface area contributed by atoms with Gasteiger partial charge in [0.1, 0.15) is 9.84 Å². The van der Waals surface area contributed by atoms with E-state index in [9.17, 15) is 40.8 Å². The number of carboxylic acid groups (broad SMARTS) is 4. The van der Waals surface area contributed by atoms with Gasteiger partial charge in [-0.1, -0.05) is 123 Å². The third-order valence-corrected chi connectivity index (χ3v) is 10.9. The molecule has 0 aromatic rings. The number of nitrogens with zero attached hydrogens (tertiary/aromatic N) is 1. The van der Waals surface area contributed by atoms with Crippen molar-refractivity contribution < 1.29 is 96.1 Å². The minimum atomic E-state index is -3.67. The third-order valence-electron chi connectivity index (χ3n) is 8.87. The number of carbonyl (C=O) groups is 5. The number of aliphatic hydroxyl groups excluding tert-OH is 5. The second kappa shape index (κ2) is 77.2. The van der Waals surface area contributed by atoms with Crippen molar-refractivity contribution in [2.24, 2.45) is 29.6 Å². The van der Waals surface area contributed by atoms with E-state index in [0.29, 0.717) is 87.8 Å². The number of unbranched alkanes of at least 4 members (excludes halogenated alkanes) is 3. The summed E-state index contributed by atoms with van der Waals surface area (Å²) in [6.07, 6.45) is 13.3. The molecule has 1 aliphatic carbocycles. The lowest BCUT2D eigenvalue weighted by Gasteiger charge is -2.28. The van der Waals surface area contributed by atoms with Crippen LogP contribution in [-0.4, -0.2) is 180 Å². The fraction of sp³-hybridized carbons (Fsp3) is 0.907. The molecule has 0 aromatic carbocycles. The van der Waals surface area contributed by atoms with Crippen molar-refractivity contribution in [3.63, 3.8) is 0 Å². The summed E-state index contributed by atoms with van der Waals surface area (Å²) in [5, 5.41) is 73.5. The molecule has 1 aliphatic rings. The number of rotatable bonds is 23. The summed E-state index contributed by atoms with van der Waals surface area (Å²) in [6.45, 7) is 31.1. The molecular formula is C54H121NO20S2. The number of aliphatic carboxylic acids is 4. The number of methoxy groups -OCH3 is 1. The Kier molecular flexibility index (Phi) is 99.6. The highest BCUT2D eigenvalue weighted by Crippen LogP contribution is 2.32. The van der Waals surface area contributed by atoms with E-state index >= 15 is 0 Å². The Bertz CT molecular complexity index is 1380. The lowest BCUT2D eigenvalue weighted by atomic mass is 9.76. The van der Waals surface area contributed by atoms with Crippen LogP contribution < -0.4 is 0 Å². The maximum atomic E-state index is 10.4. The highest BCUT2D eigenvalue weighted by atomic mass is 32.2. The topological polar surface area (TPSA) is 368 Å². The van der Waals surface area contributed by atoms with Gasteiger partial charge in [-0.3, -0.25) is 28.5 Å². The second-order valence-corrected chi connectivity index (χ2v) is 22.4. The molecule has 10 N–H and O–H groups in total. The summed E-state index contributed by atoms with van der Waals surface area (Å²) >= 11 is 0. The molecule has 1 fully saturated rings. The molecule has 21 nitrogen and oxygen atoms in total. The number of hydrogen-bond donors (Lipinski definition) is 10. The van der Waals surface area contributed by atoms with E-state index in [1.807, 2.05) is 62.3 Å². The van der Waals surface area contributed by atoms with Gasteiger partial charge >= 0.3 is 23.9 Å². The van der Waals surface area contributed by atoms with Crippen molar-refractivity contribution in [2.45, 2.75) is 219 Å². The lowest BCUT2D eigenvalue weighted by molar-refractivity contribution is -0.146. The Balaban J connectivity index is -0.0000000689. The van der Waals surface area contributed by atoms with Gasteiger partial charge in [0.25, 0.3) is 10.1 Å². The number of ether oxygens (including phenoxy) is 1. The molecule has 0 heterocycles. The number of sulfone groups is 1. The molecule has 0 aromatic heterocycles. The van der Waals surface area contributed by atoms with E-state index in [1.54, 1.807) is 33.0 Å². The molecule has 474 valence electrons. The van der Waals surface area contributed by atoms with E-state index in [1.165, 1.54) is 6.26 Å². The number of carboxylic acids is 4. The summed E-state index contributed by atoms with van der Waals surface area (Å²) in [5.41, 5.74) is 0. The van der Waals surface area contributed by atoms with E-state index in [-0.39, 0.29) is 24.2 Å². The third kappa shape index (κ3) is 147. The first-order chi connectivity index (χ1) is 35.4. The minimum absolute atomic E-state index is 0.0231. The standard InChI is InChI=1S/C6H10O2.C6H12O2.C6H14O.C5H11NO.C5H10O2.C4H10O2S.C4H10O2.C4H8O2.2C4H10O.C3H8O3S.C3H8O/c1-4-2-5(3-4)6(7)8;1-2-3-4-5-6(7)8;1-5(2)6(3)4-7;1-4-5(7)6(2)3;1-2-3-4-5(6)7;1-3-4-7(2,5)6;1-2-4(6)3-5;1-2-3-4(5)6;1-4(2)3-5;1-3-4-5-2;1-2-3-7(4,5)6;1-2-3-4/h4-5H,2-3H2,1H3,(H,7,8);2-5H2,1H3,(H,7,8);5-7H,4H2,1-3H3;4H2,1-3H3;2-4H2,1H3,(H,6,7);3-4H2,1-2H3;4-6H,2-3H2,1H3;2-3H2,1H3,(H,5,6);4-5H,3H2,1-2H3;3-4H2,1-2H3;2-3H2,1H3,(H,4,5,6);4H,2-3H2,1H3/t;;6-;;;;;;;;;/m..0........./s1. The zero-order chi connectivity index (χ0) is 63.6. The fourth-order valence-electron chi connectivity index (χ4n) is 3.66. The predicted molar refractivity (Wildman–Crippen MR) is 313 cm³/mol. The average molecular weight is 1170 g/mol. The number of carbonyl (C=O) groups excluding carboxylic acids is 1. The zero-order valence-electron chi connectivity index (χ0n) is 51.8. The maximum absolute atomic E-state index is 10.4. The largest absolute Gasteiger partial charge is 0.481 e. The highest BCUT2D eigenvalue weighted by molar-refractivity contribution is 7.90. The summed E-state index contributed by atoms with van der Waals surface area (Å²) < 4.78 is 52.7. The smallest absolute Gasteiger partial charge is 0.306 e. The SMILES string of the molecule is CC(C)CO.CC(C)[C@@H](C)CO.CC1CC(C(=O)O)C1.CCC(=O)N(C)C.CCC(O)CO.CCCC(=O)O.CCCCC(=O)O.CCCCCC(=O)O.CCCO.CCCOC.CCCS(=O)(=O)O.CCCS(C)(=O)=O. The normalized spacial score (nSPS) is 13.1. The predicted octanol–water partition coefficient (Wildman–Crippen LogP) is 9.20. The van der Waals surface area contributed by atoms with Gasteiger partial charge < -0.3 is 55.6 Å². The molecule has 0 bridgehead atoms. The van der Waals surface area contributed by atoms with E-state index in [4.69, 9.17) is 55.2 Å². The molecule has 1 amide bonds. The van der Waals surface area contributed by atoms with Crippen molar-refractivity contribution >= 4 is 49.7 Å². The fourth-order valence-corrected chi connectivity index (χ4v) is 4.92. The monoisotopic (exact) mass is 1170 g/mol. The molecule has 1 saturated carbocycles. The Morgan fingerprint density at radius 3 is 1.06 bits per heavy atom. The Morgan fingerprint density at radius 1 is 0.597 bits per heavy atom. The Labute approximate surface area is 469 Å². The van der Waals surface area contributed by atoms with Crippen LogP contribution >= 0.6 is 0 Å². The van der Waals surface area contributed by atoms with Crippen LogP contribution in [0.2, 0.25) is 0 Å². The molecule has 0 spiro atoms. The average Bonchev–Trinajstić information content (AvgIpc) is 3.32. The molecular weight excluding hydrogens is 1050 g/mol. The molecule has 2 atom stereocenters. The second-order valence-electron chi connectivity index (χ2n) is 18.6. The van der Waals surface area contributed by atoms with Gasteiger partial charge in [-0.25, -0.2) is 8.42 Å². The van der Waals surface area contributed by atoms with Gasteiger partial charge in [0, 0.05) is 85.3 Å². The van der Waals surface area contributed by atoms with E-state index in [2.05, 4.69) is 34.6 Å². The van der Waals surface area contributed by atoms with Crippen molar-refractivity contribution in [3.05, 3.63) is 0 Å². The zero-order valence-corrected chi connectivity index (χ0v) is 53.4. The molecule has 0 radical (unpaired) electrons. The van der Waals surface area contributed by atoms with Gasteiger partial charge in [-0.2, -0.15) is 8.42 Å². The Morgan fingerprint density at radius 2 is 1.00 bits per heavy atom. The Hall–Kier alpha value is -3.03. The lowest BCUT2D eigenvalue weighted by Crippen LogP contribution is -2.28. The van der Waals surface area contributed by atoms with Crippen LogP contribution in [0.1, 0.15) is 213 Å². The first-order valence-corrected chi connectivity index (χ1v) is 30.9. The summed E-state index contributed by atoms with van der Waals surface area (Å²) in [4.78, 5) is 51.4. The van der Waals surface area contributed by atoms with Gasteiger partial charge in [0.15, 0.2) is 0 Å². The maximum Gasteiger partial charge on any atom is 0.306 e.